The molecule has 0 fully saturated rings. The van der Waals surface area contributed by atoms with Crippen molar-refractivity contribution in [1.29, 1.82) is 0 Å². The molecule has 0 spiro atoms. The van der Waals surface area contributed by atoms with E-state index < -0.39 is 34.0 Å². The van der Waals surface area contributed by atoms with Crippen LogP contribution in [0.25, 0.3) is 0 Å². The molecule has 162 valence electrons. The van der Waals surface area contributed by atoms with Crippen LogP contribution in [-0.2, 0) is 24.3 Å². The summed E-state index contributed by atoms with van der Waals surface area (Å²) in [7, 11) is -3.72. The Hall–Kier alpha value is -3.60. The van der Waals surface area contributed by atoms with Crippen LogP contribution in [0, 0.1) is 0 Å². The first kappa shape index (κ1) is 20.7. The van der Waals surface area contributed by atoms with E-state index in [0.29, 0.717) is 22.7 Å². The molecule has 2 N–H and O–H groups in total. The maximum atomic E-state index is 12.4. The topological polar surface area (TPSA) is 132 Å². The van der Waals surface area contributed by atoms with E-state index in [2.05, 4.69) is 15.0 Å². The van der Waals surface area contributed by atoms with Gasteiger partial charge in [0.15, 0.2) is 17.6 Å². The zero-order valence-electron chi connectivity index (χ0n) is 16.6. The van der Waals surface area contributed by atoms with Gasteiger partial charge in [0.25, 0.3) is 15.9 Å². The molecule has 0 saturated heterocycles. The number of fused-ring (bicyclic) bond motifs is 2. The SMILES string of the molecule is C[C@H](N=C1NS(=O)(=O)c2ccccc21)C(=O)O[C@@H](C)C(=O)Nc1ccc2c(c1)OCO2. The Balaban J connectivity index is 1.40. The summed E-state index contributed by atoms with van der Waals surface area (Å²) in [6.45, 7) is 2.99. The molecule has 2 aliphatic rings. The van der Waals surface area contributed by atoms with Crippen molar-refractivity contribution >= 4 is 33.4 Å². The molecule has 2 aromatic rings. The Morgan fingerprint density at radius 3 is 2.68 bits per heavy atom. The van der Waals surface area contributed by atoms with Gasteiger partial charge in [0, 0.05) is 17.3 Å². The van der Waals surface area contributed by atoms with Gasteiger partial charge in [-0.05, 0) is 38.1 Å². The lowest BCUT2D eigenvalue weighted by Gasteiger charge is -2.15. The minimum absolute atomic E-state index is 0.0533. The van der Waals surface area contributed by atoms with E-state index in [1.165, 1.54) is 19.9 Å². The van der Waals surface area contributed by atoms with Crippen molar-refractivity contribution in [2.75, 3.05) is 12.1 Å². The van der Waals surface area contributed by atoms with Crippen molar-refractivity contribution in [2.24, 2.45) is 4.99 Å². The zero-order valence-corrected chi connectivity index (χ0v) is 17.4. The van der Waals surface area contributed by atoms with E-state index in [-0.39, 0.29) is 17.5 Å². The van der Waals surface area contributed by atoms with Crippen LogP contribution in [-0.4, -0.2) is 45.1 Å². The van der Waals surface area contributed by atoms with Crippen LogP contribution >= 0.6 is 0 Å². The Morgan fingerprint density at radius 1 is 1.13 bits per heavy atom. The molecule has 0 unspecified atom stereocenters. The number of nitrogens with zero attached hydrogens (tertiary/aromatic N) is 1. The van der Waals surface area contributed by atoms with Crippen LogP contribution < -0.4 is 19.5 Å². The van der Waals surface area contributed by atoms with Crippen molar-refractivity contribution in [3.05, 3.63) is 48.0 Å². The number of amidine groups is 1. The molecular weight excluding hydrogens is 426 g/mol. The molecule has 0 saturated carbocycles. The lowest BCUT2D eigenvalue weighted by Crippen LogP contribution is -2.33. The van der Waals surface area contributed by atoms with Crippen molar-refractivity contribution in [2.45, 2.75) is 30.9 Å². The summed E-state index contributed by atoms with van der Waals surface area (Å²) in [6.07, 6.45) is -1.10. The first-order valence-electron chi connectivity index (χ1n) is 9.35. The van der Waals surface area contributed by atoms with Crippen molar-refractivity contribution in [1.82, 2.24) is 4.72 Å². The predicted octanol–water partition coefficient (Wildman–Crippen LogP) is 1.41. The minimum Gasteiger partial charge on any atom is -0.454 e. The molecule has 0 aromatic heterocycles. The van der Waals surface area contributed by atoms with Gasteiger partial charge < -0.3 is 19.5 Å². The van der Waals surface area contributed by atoms with Gasteiger partial charge in [0.05, 0.1) is 4.90 Å². The molecule has 11 heteroatoms. The highest BCUT2D eigenvalue weighted by molar-refractivity contribution is 7.90. The number of anilines is 1. The molecule has 2 aliphatic heterocycles. The predicted molar refractivity (Wildman–Crippen MR) is 110 cm³/mol. The normalized spacial score (nSPS) is 18.6. The van der Waals surface area contributed by atoms with Gasteiger partial charge in [0.2, 0.25) is 6.79 Å². The van der Waals surface area contributed by atoms with Crippen LogP contribution in [0.4, 0.5) is 5.69 Å². The standard InChI is InChI=1S/C20H19N3O7S/c1-11(21-18-14-5-3-4-6-17(14)31(26,27)23-18)20(25)30-12(2)19(24)22-13-7-8-15-16(9-13)29-10-28-15/h3-9,11-12H,10H2,1-2H3,(H,21,23)(H,22,24)/t11-,12-/m0/s1. The minimum atomic E-state index is -3.72. The second-order valence-electron chi connectivity index (χ2n) is 6.89. The van der Waals surface area contributed by atoms with Crippen molar-refractivity contribution < 1.29 is 32.2 Å². The Labute approximate surface area is 178 Å². The van der Waals surface area contributed by atoms with Gasteiger partial charge in [-0.1, -0.05) is 12.1 Å². The van der Waals surface area contributed by atoms with Crippen LogP contribution in [0.5, 0.6) is 11.5 Å². The molecular formula is C20H19N3O7S. The fourth-order valence-corrected chi connectivity index (χ4v) is 4.26. The van der Waals surface area contributed by atoms with Gasteiger partial charge in [-0.15, -0.1) is 0 Å². The third-order valence-corrected chi connectivity index (χ3v) is 6.03. The molecule has 31 heavy (non-hydrogen) atoms. The quantitative estimate of drug-likeness (QED) is 0.665. The van der Waals surface area contributed by atoms with Gasteiger partial charge in [-0.2, -0.15) is 0 Å². The lowest BCUT2D eigenvalue weighted by molar-refractivity contribution is -0.153. The number of amides is 1. The van der Waals surface area contributed by atoms with Gasteiger partial charge in [-0.3, -0.25) is 14.5 Å². The molecule has 0 aliphatic carbocycles. The summed E-state index contributed by atoms with van der Waals surface area (Å²) in [5, 5.41) is 2.63. The van der Waals surface area contributed by atoms with E-state index in [4.69, 9.17) is 14.2 Å². The second kappa shape index (κ2) is 7.91. The van der Waals surface area contributed by atoms with Gasteiger partial charge in [-0.25, -0.2) is 13.2 Å². The number of carbonyl (C=O) groups excluding carboxylic acids is 2. The van der Waals surface area contributed by atoms with Crippen LogP contribution in [0.15, 0.2) is 52.4 Å². The number of hydrogen-bond donors (Lipinski definition) is 2. The highest BCUT2D eigenvalue weighted by Crippen LogP contribution is 2.34. The summed E-state index contributed by atoms with van der Waals surface area (Å²) in [5.41, 5.74) is 0.832. The first-order chi connectivity index (χ1) is 14.7. The maximum Gasteiger partial charge on any atom is 0.331 e. The Morgan fingerprint density at radius 2 is 1.87 bits per heavy atom. The summed E-state index contributed by atoms with van der Waals surface area (Å²) >= 11 is 0. The van der Waals surface area contributed by atoms with E-state index in [1.807, 2.05) is 0 Å². The molecule has 1 amide bonds. The highest BCUT2D eigenvalue weighted by atomic mass is 32.2. The maximum absolute atomic E-state index is 12.4. The molecule has 2 heterocycles. The van der Waals surface area contributed by atoms with Crippen LogP contribution in [0.1, 0.15) is 19.4 Å². The number of aliphatic imine (C=N–C) groups is 1. The fraction of sp³-hybridized carbons (Fsp3) is 0.250. The summed E-state index contributed by atoms with van der Waals surface area (Å²) in [4.78, 5) is 29.0. The Bertz CT molecular complexity index is 1190. The third kappa shape index (κ3) is 4.17. The van der Waals surface area contributed by atoms with Gasteiger partial charge in [0.1, 0.15) is 11.9 Å². The monoisotopic (exact) mass is 445 g/mol. The van der Waals surface area contributed by atoms with Crippen molar-refractivity contribution in [3.8, 4) is 11.5 Å². The number of carbonyl (C=O) groups is 2. The summed E-state index contributed by atoms with van der Waals surface area (Å²) in [5.74, 6) is -0.179. The number of rotatable bonds is 5. The Kier molecular flexibility index (Phi) is 5.27. The molecule has 10 nitrogen and oxygen atoms in total. The van der Waals surface area contributed by atoms with Crippen LogP contribution in [0.2, 0.25) is 0 Å². The number of benzene rings is 2. The lowest BCUT2D eigenvalue weighted by atomic mass is 10.2. The molecule has 0 bridgehead atoms. The van der Waals surface area contributed by atoms with E-state index in [0.717, 1.165) is 0 Å². The van der Waals surface area contributed by atoms with Gasteiger partial charge >= 0.3 is 5.97 Å². The highest BCUT2D eigenvalue weighted by Gasteiger charge is 2.31. The summed E-state index contributed by atoms with van der Waals surface area (Å²) < 4.78 is 42.3. The van der Waals surface area contributed by atoms with E-state index >= 15 is 0 Å². The van der Waals surface area contributed by atoms with Crippen molar-refractivity contribution in [3.63, 3.8) is 0 Å². The third-order valence-electron chi connectivity index (χ3n) is 4.63. The number of sulfonamides is 1. The number of esters is 1. The zero-order chi connectivity index (χ0) is 22.2. The summed E-state index contributed by atoms with van der Waals surface area (Å²) in [6, 6.07) is 10.2. The number of hydrogen-bond acceptors (Lipinski definition) is 8. The van der Waals surface area contributed by atoms with E-state index in [1.54, 1.807) is 36.4 Å². The smallest absolute Gasteiger partial charge is 0.331 e. The largest absolute Gasteiger partial charge is 0.454 e. The first-order valence-corrected chi connectivity index (χ1v) is 10.8. The number of nitrogens with one attached hydrogen (secondary N) is 2. The fourth-order valence-electron chi connectivity index (χ4n) is 3.02. The average Bonchev–Trinajstić information content (AvgIpc) is 3.30. The van der Waals surface area contributed by atoms with Crippen LogP contribution in [0.3, 0.4) is 0 Å². The number of ether oxygens (including phenoxy) is 3. The molecule has 4 rings (SSSR count). The molecule has 2 atom stereocenters. The average molecular weight is 445 g/mol. The second-order valence-corrected chi connectivity index (χ2v) is 8.54. The molecule has 0 radical (unpaired) electrons. The molecule has 2 aromatic carbocycles. The van der Waals surface area contributed by atoms with E-state index in [9.17, 15) is 18.0 Å².